The van der Waals surface area contributed by atoms with Gasteiger partial charge in [0, 0.05) is 19.3 Å². The number of halogens is 6. The van der Waals surface area contributed by atoms with Gasteiger partial charge in [-0.25, -0.2) is 0 Å². The van der Waals surface area contributed by atoms with Crippen LogP contribution in [0.2, 0.25) is 0 Å². The van der Waals surface area contributed by atoms with Crippen molar-refractivity contribution in [2.45, 2.75) is 116 Å². The first-order chi connectivity index (χ1) is 13.5. The molecule has 11 heteroatoms. The molecular weight excluding hydrogens is 452 g/mol. The predicted molar refractivity (Wildman–Crippen MR) is 117 cm³/mol. The Morgan fingerprint density at radius 1 is 0.567 bits per heavy atom. The van der Waals surface area contributed by atoms with Crippen LogP contribution in [0.1, 0.15) is 98.3 Å². The minimum absolute atomic E-state index is 0.531. The topological polar surface area (TPSA) is 60.7 Å². The van der Waals surface area contributed by atoms with Crippen LogP contribution in [0.15, 0.2) is 0 Å². The summed E-state index contributed by atoms with van der Waals surface area (Å²) < 4.78 is 59.2. The zero-order valence-electron chi connectivity index (χ0n) is 18.7. The summed E-state index contributed by atoms with van der Waals surface area (Å²) in [6, 6.07) is 0. The van der Waals surface area contributed by atoms with Crippen molar-refractivity contribution in [3.63, 3.8) is 0 Å². The Hall–Kier alpha value is 0.320. The van der Waals surface area contributed by atoms with Crippen LogP contribution in [0, 0.1) is 0 Å². The van der Waals surface area contributed by atoms with E-state index in [1.165, 1.54) is 38.5 Å². The Balaban J connectivity index is 0. The molecule has 3 nitrogen and oxygen atoms in total. The van der Waals surface area contributed by atoms with Gasteiger partial charge in [-0.15, -0.1) is 0 Å². The molecule has 0 saturated heterocycles. The Labute approximate surface area is 178 Å². The Morgan fingerprint density at radius 2 is 0.833 bits per heavy atom. The maximum absolute atomic E-state index is 10.7. The molecule has 0 spiro atoms. The second kappa shape index (κ2) is 13.1. The van der Waals surface area contributed by atoms with E-state index in [4.69, 9.17) is 0 Å². The summed E-state index contributed by atoms with van der Waals surface area (Å²) in [5, 5.41) is 31.8. The molecule has 0 aromatic rings. The van der Waals surface area contributed by atoms with Crippen LogP contribution in [-0.2, 0) is 0 Å². The van der Waals surface area contributed by atoms with E-state index in [0.717, 1.165) is 19.0 Å². The minimum atomic E-state index is -10.7. The normalized spacial score (nSPS) is 19.5. The summed E-state index contributed by atoms with van der Waals surface area (Å²) in [5.41, 5.74) is 0. The summed E-state index contributed by atoms with van der Waals surface area (Å²) in [5.74, 6) is -1.59. The molecule has 0 aliphatic heterocycles. The van der Waals surface area contributed by atoms with Crippen molar-refractivity contribution >= 4 is 15.1 Å². The standard InChI is InChI=1S/C19H42O3P.F6P/c1-5-9-10-11-12-13-14-15-16-23(17(20)6-2,18(21)7-3)19(22)8-4;1-7(2,3,4,5)6/h17-22H,5-16H2,1-4H3;/q+1;-1. The van der Waals surface area contributed by atoms with E-state index >= 15 is 0 Å². The fourth-order valence-corrected chi connectivity index (χ4v) is 8.48. The molecule has 0 aromatic carbocycles. The van der Waals surface area contributed by atoms with Crippen molar-refractivity contribution in [1.29, 1.82) is 0 Å². The molecule has 0 fully saturated rings. The molecule has 0 amide bonds. The molecule has 188 valence electrons. The number of hydrogen-bond acceptors (Lipinski definition) is 3. The summed E-state index contributed by atoms with van der Waals surface area (Å²) in [4.78, 5) is 0. The van der Waals surface area contributed by atoms with Crippen LogP contribution in [0.3, 0.4) is 0 Å². The first kappa shape index (κ1) is 32.5. The van der Waals surface area contributed by atoms with Crippen molar-refractivity contribution in [2.24, 2.45) is 0 Å². The second-order valence-corrected chi connectivity index (χ2v) is 14.0. The van der Waals surface area contributed by atoms with E-state index in [0.29, 0.717) is 19.3 Å². The fraction of sp³-hybridized carbons (Fsp3) is 1.00. The molecule has 3 atom stereocenters. The van der Waals surface area contributed by atoms with E-state index in [-0.39, 0.29) is 0 Å². The van der Waals surface area contributed by atoms with E-state index in [1.54, 1.807) is 0 Å². The third kappa shape index (κ3) is 16.9. The van der Waals surface area contributed by atoms with Gasteiger partial charge in [0.2, 0.25) is 0 Å². The van der Waals surface area contributed by atoms with E-state index < -0.39 is 32.6 Å². The van der Waals surface area contributed by atoms with Crippen molar-refractivity contribution in [3.05, 3.63) is 0 Å². The predicted octanol–water partition coefficient (Wildman–Crippen LogP) is 8.71. The van der Waals surface area contributed by atoms with E-state index in [9.17, 15) is 40.5 Å². The van der Waals surface area contributed by atoms with Crippen LogP contribution < -0.4 is 0 Å². The van der Waals surface area contributed by atoms with Crippen LogP contribution >= 0.6 is 15.1 Å². The molecule has 3 unspecified atom stereocenters. The summed E-state index contributed by atoms with van der Waals surface area (Å²) in [6.07, 6.45) is 12.7. The van der Waals surface area contributed by atoms with Crippen molar-refractivity contribution < 1.29 is 40.5 Å². The van der Waals surface area contributed by atoms with Crippen LogP contribution in [0.5, 0.6) is 0 Å². The van der Waals surface area contributed by atoms with Gasteiger partial charge in [0.15, 0.2) is 17.5 Å². The molecule has 3 N–H and O–H groups in total. The van der Waals surface area contributed by atoms with E-state index in [2.05, 4.69) is 6.92 Å². The quantitative estimate of drug-likeness (QED) is 0.121. The molecule has 0 bridgehead atoms. The number of aliphatic hydroxyl groups is 3. The van der Waals surface area contributed by atoms with Gasteiger partial charge in [0.25, 0.3) is 0 Å². The van der Waals surface area contributed by atoms with E-state index in [1.807, 2.05) is 20.8 Å². The van der Waals surface area contributed by atoms with Crippen molar-refractivity contribution in [2.75, 3.05) is 6.16 Å². The van der Waals surface area contributed by atoms with Gasteiger partial charge < -0.3 is 15.3 Å². The zero-order valence-corrected chi connectivity index (χ0v) is 20.5. The van der Waals surface area contributed by atoms with Gasteiger partial charge >= 0.3 is 33.0 Å². The average Bonchev–Trinajstić information content (AvgIpc) is 2.62. The van der Waals surface area contributed by atoms with Gasteiger partial charge in [0.1, 0.15) is 7.26 Å². The SMILES string of the molecule is CCCCCCCCCC[P+](C(O)CC)(C(O)CC)C(O)CC.F[P-](F)(F)(F)(F)F. The molecule has 0 aliphatic rings. The van der Waals surface area contributed by atoms with Gasteiger partial charge in [-0.1, -0.05) is 66.2 Å². The summed E-state index contributed by atoms with van der Waals surface area (Å²) in [7, 11) is -12.8. The number of aliphatic hydroxyl groups excluding tert-OH is 3. The Kier molecular flexibility index (Phi) is 14.2. The first-order valence-corrected chi connectivity index (χ1v) is 15.1. The maximum atomic E-state index is 10.6. The molecule has 0 rings (SSSR count). The fourth-order valence-electron chi connectivity index (χ4n) is 3.58. The Bertz CT molecular complexity index is 410. The van der Waals surface area contributed by atoms with Crippen LogP contribution in [0.25, 0.3) is 0 Å². The van der Waals surface area contributed by atoms with Gasteiger partial charge in [-0.2, -0.15) is 0 Å². The molecule has 0 aromatic heterocycles. The third-order valence-corrected chi connectivity index (χ3v) is 10.7. The molecule has 0 saturated carbocycles. The molecular formula is C19H42F6O3P2. The summed E-state index contributed by atoms with van der Waals surface area (Å²) >= 11 is 0. The Morgan fingerprint density at radius 3 is 1.10 bits per heavy atom. The average molecular weight is 494 g/mol. The first-order valence-electron chi connectivity index (χ1n) is 10.9. The van der Waals surface area contributed by atoms with Gasteiger partial charge in [0.05, 0.1) is 6.16 Å². The van der Waals surface area contributed by atoms with Crippen LogP contribution in [0.4, 0.5) is 25.2 Å². The molecule has 0 radical (unpaired) electrons. The van der Waals surface area contributed by atoms with Gasteiger partial charge in [-0.05, 0) is 12.8 Å². The third-order valence-electron chi connectivity index (χ3n) is 5.16. The van der Waals surface area contributed by atoms with Crippen molar-refractivity contribution in [3.8, 4) is 0 Å². The van der Waals surface area contributed by atoms with Gasteiger partial charge in [-0.3, -0.25) is 0 Å². The van der Waals surface area contributed by atoms with Crippen molar-refractivity contribution in [1.82, 2.24) is 0 Å². The zero-order chi connectivity index (χ0) is 24.1. The number of unbranched alkanes of at least 4 members (excludes halogenated alkanes) is 7. The summed E-state index contributed by atoms with van der Waals surface area (Å²) in [6.45, 7) is 8.11. The number of hydrogen-bond donors (Lipinski definition) is 3. The molecule has 30 heavy (non-hydrogen) atoms. The molecule has 0 heterocycles. The monoisotopic (exact) mass is 494 g/mol. The number of rotatable bonds is 15. The molecule has 0 aliphatic carbocycles. The van der Waals surface area contributed by atoms with Crippen LogP contribution in [-0.4, -0.2) is 39.0 Å². The second-order valence-electron chi connectivity index (χ2n) is 7.82.